The number of rotatable bonds is 5. The Morgan fingerprint density at radius 2 is 2.25 bits per heavy atom. The average molecular weight is 336 g/mol. The Bertz CT molecular complexity index is 502. The lowest BCUT2D eigenvalue weighted by Gasteiger charge is -2.13. The van der Waals surface area contributed by atoms with Crippen LogP contribution in [0, 0.1) is 17.8 Å². The lowest BCUT2D eigenvalue weighted by molar-refractivity contribution is -0.122. The van der Waals surface area contributed by atoms with E-state index < -0.39 is 0 Å². The highest BCUT2D eigenvalue weighted by molar-refractivity contribution is 9.09. The Morgan fingerprint density at radius 1 is 1.45 bits per heavy atom. The number of nitrogens with one attached hydrogen (secondary N) is 1. The molecule has 2 aliphatic rings. The van der Waals surface area contributed by atoms with Gasteiger partial charge >= 0.3 is 0 Å². The van der Waals surface area contributed by atoms with E-state index in [1.165, 1.54) is 17.5 Å². The predicted octanol–water partition coefficient (Wildman–Crippen LogP) is 3.50. The van der Waals surface area contributed by atoms with E-state index in [0.717, 1.165) is 24.7 Å². The number of fused-ring (bicyclic) bond motifs is 3. The molecule has 0 aromatic heterocycles. The molecule has 0 heterocycles. The Labute approximate surface area is 129 Å². The number of benzene rings is 1. The summed E-state index contributed by atoms with van der Waals surface area (Å²) in [5.41, 5.74) is 2.88. The van der Waals surface area contributed by atoms with Crippen LogP contribution >= 0.6 is 15.9 Å². The number of carbonyl (C=O) groups excluding carboxylic acids is 1. The molecule has 1 saturated carbocycles. The van der Waals surface area contributed by atoms with Gasteiger partial charge in [-0.15, -0.1) is 0 Å². The SMILES string of the molecule is CC(CCBr)CNC(=O)C1C2CCc3ccccc3C21. The number of aryl methyl sites for hydroxylation is 1. The molecule has 20 heavy (non-hydrogen) atoms. The van der Waals surface area contributed by atoms with Crippen molar-refractivity contribution in [3.05, 3.63) is 35.4 Å². The van der Waals surface area contributed by atoms with Crippen LogP contribution in [0.15, 0.2) is 24.3 Å². The van der Waals surface area contributed by atoms with Crippen molar-refractivity contribution < 1.29 is 4.79 Å². The van der Waals surface area contributed by atoms with E-state index in [1.54, 1.807) is 0 Å². The summed E-state index contributed by atoms with van der Waals surface area (Å²) in [7, 11) is 0. The Morgan fingerprint density at radius 3 is 3.05 bits per heavy atom. The molecule has 1 fully saturated rings. The van der Waals surface area contributed by atoms with Crippen molar-refractivity contribution in [2.75, 3.05) is 11.9 Å². The fourth-order valence-electron chi connectivity index (χ4n) is 3.60. The summed E-state index contributed by atoms with van der Waals surface area (Å²) in [6.07, 6.45) is 3.43. The van der Waals surface area contributed by atoms with E-state index in [4.69, 9.17) is 0 Å². The monoisotopic (exact) mass is 335 g/mol. The van der Waals surface area contributed by atoms with E-state index in [0.29, 0.717) is 17.8 Å². The second kappa shape index (κ2) is 5.88. The van der Waals surface area contributed by atoms with Crippen LogP contribution in [0.25, 0.3) is 0 Å². The van der Waals surface area contributed by atoms with Gasteiger partial charge in [0.25, 0.3) is 0 Å². The third-order valence-electron chi connectivity index (χ3n) is 4.86. The summed E-state index contributed by atoms with van der Waals surface area (Å²) in [6.45, 7) is 3.00. The van der Waals surface area contributed by atoms with Crippen LogP contribution in [-0.4, -0.2) is 17.8 Å². The number of hydrogen-bond acceptors (Lipinski definition) is 1. The molecular weight excluding hydrogens is 314 g/mol. The van der Waals surface area contributed by atoms with E-state index in [2.05, 4.69) is 52.4 Å². The van der Waals surface area contributed by atoms with Crippen molar-refractivity contribution >= 4 is 21.8 Å². The summed E-state index contributed by atoms with van der Waals surface area (Å²) in [6, 6.07) is 8.65. The molecule has 2 nitrogen and oxygen atoms in total. The molecule has 1 amide bonds. The highest BCUT2D eigenvalue weighted by Gasteiger charge is 2.56. The highest BCUT2D eigenvalue weighted by atomic mass is 79.9. The molecule has 3 heteroatoms. The van der Waals surface area contributed by atoms with Gasteiger partial charge in [-0.25, -0.2) is 0 Å². The summed E-state index contributed by atoms with van der Waals surface area (Å²) in [4.78, 5) is 12.4. The van der Waals surface area contributed by atoms with Crippen LogP contribution in [0.2, 0.25) is 0 Å². The van der Waals surface area contributed by atoms with E-state index in [1.807, 2.05) is 0 Å². The molecule has 3 rings (SSSR count). The van der Waals surface area contributed by atoms with Gasteiger partial charge in [0.1, 0.15) is 0 Å². The van der Waals surface area contributed by atoms with E-state index >= 15 is 0 Å². The van der Waals surface area contributed by atoms with Crippen LogP contribution in [0.3, 0.4) is 0 Å². The van der Waals surface area contributed by atoms with Gasteiger partial charge in [-0.05, 0) is 48.1 Å². The molecule has 4 unspecified atom stereocenters. The normalized spacial score (nSPS) is 28.2. The van der Waals surface area contributed by atoms with Gasteiger partial charge in [0, 0.05) is 17.8 Å². The highest BCUT2D eigenvalue weighted by Crippen LogP contribution is 2.59. The molecule has 0 radical (unpaired) electrons. The maximum Gasteiger partial charge on any atom is 0.224 e. The zero-order valence-corrected chi connectivity index (χ0v) is 13.5. The lowest BCUT2D eigenvalue weighted by atomic mass is 9.92. The molecule has 4 atom stereocenters. The van der Waals surface area contributed by atoms with Crippen molar-refractivity contribution in [2.45, 2.75) is 32.1 Å². The quantitative estimate of drug-likeness (QED) is 0.820. The van der Waals surface area contributed by atoms with E-state index in [-0.39, 0.29) is 11.8 Å². The molecule has 0 saturated heterocycles. The summed E-state index contributed by atoms with van der Waals surface area (Å²) in [5.74, 6) is 2.14. The molecule has 0 spiro atoms. The fraction of sp³-hybridized carbons (Fsp3) is 0.588. The molecule has 2 aliphatic carbocycles. The number of carbonyl (C=O) groups is 1. The molecular formula is C17H22BrNO. The van der Waals surface area contributed by atoms with Crippen LogP contribution < -0.4 is 5.32 Å². The van der Waals surface area contributed by atoms with Crippen LogP contribution in [0.5, 0.6) is 0 Å². The zero-order valence-electron chi connectivity index (χ0n) is 11.9. The minimum Gasteiger partial charge on any atom is -0.356 e. The average Bonchev–Trinajstić information content (AvgIpc) is 3.20. The molecule has 1 N–H and O–H groups in total. The van der Waals surface area contributed by atoms with Crippen molar-refractivity contribution in [3.63, 3.8) is 0 Å². The third kappa shape index (κ3) is 2.65. The minimum atomic E-state index is 0.231. The van der Waals surface area contributed by atoms with Gasteiger partial charge in [0.15, 0.2) is 0 Å². The maximum absolute atomic E-state index is 12.4. The maximum atomic E-state index is 12.4. The second-order valence-electron chi connectivity index (χ2n) is 6.28. The number of halogens is 1. The Hall–Kier alpha value is -0.830. The first kappa shape index (κ1) is 14.1. The van der Waals surface area contributed by atoms with Gasteiger partial charge in [0.2, 0.25) is 5.91 Å². The predicted molar refractivity (Wildman–Crippen MR) is 85.1 cm³/mol. The lowest BCUT2D eigenvalue weighted by Crippen LogP contribution is -2.30. The first-order valence-electron chi connectivity index (χ1n) is 7.64. The number of hydrogen-bond donors (Lipinski definition) is 1. The number of amides is 1. The Kier molecular flexibility index (Phi) is 4.16. The van der Waals surface area contributed by atoms with Crippen molar-refractivity contribution in [1.82, 2.24) is 5.32 Å². The summed E-state index contributed by atoms with van der Waals surface area (Å²) < 4.78 is 0. The smallest absolute Gasteiger partial charge is 0.224 e. The molecule has 108 valence electrons. The number of alkyl halides is 1. The van der Waals surface area contributed by atoms with Crippen molar-refractivity contribution in [3.8, 4) is 0 Å². The standard InChI is InChI=1S/C17H22BrNO/c1-11(8-9-18)10-19-17(20)16-14-7-6-12-4-2-3-5-13(12)15(14)16/h2-5,11,14-16H,6-10H2,1H3,(H,19,20). The zero-order chi connectivity index (χ0) is 14.1. The van der Waals surface area contributed by atoms with Crippen molar-refractivity contribution in [1.29, 1.82) is 0 Å². The van der Waals surface area contributed by atoms with Crippen LogP contribution in [-0.2, 0) is 11.2 Å². The van der Waals surface area contributed by atoms with Gasteiger partial charge in [-0.1, -0.05) is 47.1 Å². The largest absolute Gasteiger partial charge is 0.356 e. The van der Waals surface area contributed by atoms with Gasteiger partial charge in [-0.2, -0.15) is 0 Å². The first-order chi connectivity index (χ1) is 9.72. The Balaban J connectivity index is 1.60. The first-order valence-corrected chi connectivity index (χ1v) is 8.76. The third-order valence-corrected chi connectivity index (χ3v) is 5.32. The molecule has 0 bridgehead atoms. The fourth-order valence-corrected chi connectivity index (χ4v) is 4.39. The van der Waals surface area contributed by atoms with Crippen molar-refractivity contribution in [2.24, 2.45) is 17.8 Å². The second-order valence-corrected chi connectivity index (χ2v) is 7.07. The molecule has 1 aromatic rings. The van der Waals surface area contributed by atoms with Crippen LogP contribution in [0.1, 0.15) is 36.8 Å². The van der Waals surface area contributed by atoms with Crippen LogP contribution in [0.4, 0.5) is 0 Å². The summed E-state index contributed by atoms with van der Waals surface area (Å²) >= 11 is 3.45. The summed E-state index contributed by atoms with van der Waals surface area (Å²) in [5, 5.41) is 4.16. The molecule has 1 aromatic carbocycles. The topological polar surface area (TPSA) is 29.1 Å². The minimum absolute atomic E-state index is 0.231. The molecule has 0 aliphatic heterocycles. The van der Waals surface area contributed by atoms with E-state index in [9.17, 15) is 4.79 Å². The van der Waals surface area contributed by atoms with Gasteiger partial charge in [0.05, 0.1) is 0 Å². The van der Waals surface area contributed by atoms with Gasteiger partial charge < -0.3 is 5.32 Å². The van der Waals surface area contributed by atoms with Gasteiger partial charge in [-0.3, -0.25) is 4.79 Å².